The Balaban J connectivity index is 2.26. The number of allylic oxidation sites excluding steroid dienone is 5. The Morgan fingerprint density at radius 1 is 0.870 bits per heavy atom. The predicted octanol–water partition coefficient (Wildman–Crippen LogP) is 6.71. The number of benzene rings is 1. The Bertz CT molecular complexity index is 517. The lowest BCUT2D eigenvalue weighted by molar-refractivity contribution is 0.473. The number of unbranched alkanes of at least 4 members (excludes halogenated alkanes) is 3. The molecule has 0 atom stereocenters. The van der Waals surface area contributed by atoms with Gasteiger partial charge in [-0.3, -0.25) is 0 Å². The second kappa shape index (κ2) is 11.8. The Kier molecular flexibility index (Phi) is 9.86. The van der Waals surface area contributed by atoms with E-state index >= 15 is 0 Å². The van der Waals surface area contributed by atoms with Crippen LogP contribution in [0, 0.1) is 0 Å². The highest BCUT2D eigenvalue weighted by Crippen LogP contribution is 2.12. The molecule has 0 saturated carbocycles. The van der Waals surface area contributed by atoms with Gasteiger partial charge in [0.15, 0.2) is 0 Å². The van der Waals surface area contributed by atoms with Crippen LogP contribution in [0.25, 0.3) is 0 Å². The largest absolute Gasteiger partial charge is 0.516 e. The van der Waals surface area contributed by atoms with E-state index in [-0.39, 0.29) is 0 Å². The first-order chi connectivity index (χ1) is 11.2. The summed E-state index contributed by atoms with van der Waals surface area (Å²) in [6.07, 6.45) is 15.7. The number of hydrogen-bond donors (Lipinski definition) is 1. The van der Waals surface area contributed by atoms with Crippen molar-refractivity contribution in [2.24, 2.45) is 0 Å². The molecule has 0 fully saturated rings. The molecule has 23 heavy (non-hydrogen) atoms. The van der Waals surface area contributed by atoms with Gasteiger partial charge >= 0.3 is 0 Å². The van der Waals surface area contributed by atoms with Gasteiger partial charge in [-0.25, -0.2) is 0 Å². The fourth-order valence-electron chi connectivity index (χ4n) is 2.48. The number of rotatable bonds is 10. The molecule has 0 bridgehead atoms. The maximum absolute atomic E-state index is 8.76. The molecule has 0 aromatic heterocycles. The minimum absolute atomic E-state index is 1.10. The molecule has 0 spiro atoms. The Morgan fingerprint density at radius 3 is 2.00 bits per heavy atom. The van der Waals surface area contributed by atoms with Gasteiger partial charge in [-0.2, -0.15) is 0 Å². The SMILES string of the molecule is CCCCc1ccc(CCCC/C=C/C(C)=C(C)\C=C/O)cc1. The molecule has 0 saturated heterocycles. The first kappa shape index (κ1) is 19.3. The quantitative estimate of drug-likeness (QED) is 0.289. The van der Waals surface area contributed by atoms with Gasteiger partial charge in [0.25, 0.3) is 0 Å². The summed E-state index contributed by atoms with van der Waals surface area (Å²) in [5.74, 6) is 0. The normalized spacial score (nSPS) is 13.0. The van der Waals surface area contributed by atoms with Crippen molar-refractivity contribution in [3.8, 4) is 0 Å². The number of aryl methyl sites for hydroxylation is 2. The summed E-state index contributed by atoms with van der Waals surface area (Å²) < 4.78 is 0. The first-order valence-electron chi connectivity index (χ1n) is 8.90. The Morgan fingerprint density at radius 2 is 1.43 bits per heavy atom. The van der Waals surface area contributed by atoms with Crippen molar-refractivity contribution in [2.75, 3.05) is 0 Å². The zero-order valence-corrected chi connectivity index (χ0v) is 15.0. The van der Waals surface area contributed by atoms with Crippen LogP contribution in [0.4, 0.5) is 0 Å². The van der Waals surface area contributed by atoms with E-state index in [0.717, 1.165) is 18.3 Å². The van der Waals surface area contributed by atoms with E-state index in [1.165, 1.54) is 55.2 Å². The van der Waals surface area contributed by atoms with Crippen LogP contribution in [-0.2, 0) is 12.8 Å². The summed E-state index contributed by atoms with van der Waals surface area (Å²) in [5, 5.41) is 8.76. The lowest BCUT2D eigenvalue weighted by Gasteiger charge is -2.04. The molecule has 1 aromatic carbocycles. The van der Waals surface area contributed by atoms with Crippen LogP contribution in [0.2, 0.25) is 0 Å². The van der Waals surface area contributed by atoms with Crippen molar-refractivity contribution in [1.29, 1.82) is 0 Å². The van der Waals surface area contributed by atoms with Crippen LogP contribution in [0.1, 0.15) is 64.0 Å². The fourth-order valence-corrected chi connectivity index (χ4v) is 2.48. The third-order valence-electron chi connectivity index (χ3n) is 4.24. The van der Waals surface area contributed by atoms with E-state index in [1.807, 2.05) is 6.92 Å². The van der Waals surface area contributed by atoms with Gasteiger partial charge in [0, 0.05) is 0 Å². The summed E-state index contributed by atoms with van der Waals surface area (Å²) in [7, 11) is 0. The molecule has 1 N–H and O–H groups in total. The maximum atomic E-state index is 8.76. The van der Waals surface area contributed by atoms with Crippen molar-refractivity contribution in [3.05, 3.63) is 71.0 Å². The van der Waals surface area contributed by atoms with Gasteiger partial charge in [-0.15, -0.1) is 0 Å². The molecule has 1 nitrogen and oxygen atoms in total. The van der Waals surface area contributed by atoms with Gasteiger partial charge in [0.1, 0.15) is 0 Å². The van der Waals surface area contributed by atoms with Crippen LogP contribution in [0.15, 0.2) is 59.9 Å². The minimum atomic E-state index is 1.10. The van der Waals surface area contributed by atoms with E-state index in [1.54, 1.807) is 6.08 Å². The highest BCUT2D eigenvalue weighted by atomic mass is 16.2. The highest BCUT2D eigenvalue weighted by Gasteiger charge is 1.96. The van der Waals surface area contributed by atoms with Gasteiger partial charge in [0.05, 0.1) is 6.26 Å². The maximum Gasteiger partial charge on any atom is 0.0794 e. The average Bonchev–Trinajstić information content (AvgIpc) is 2.57. The molecule has 1 rings (SSSR count). The number of hydrogen-bond acceptors (Lipinski definition) is 1. The molecule has 1 heteroatoms. The van der Waals surface area contributed by atoms with Crippen LogP contribution in [0.5, 0.6) is 0 Å². The molecular weight excluding hydrogens is 280 g/mol. The lowest BCUT2D eigenvalue weighted by Crippen LogP contribution is -1.88. The molecule has 0 aliphatic carbocycles. The van der Waals surface area contributed by atoms with Crippen LogP contribution in [-0.4, -0.2) is 5.11 Å². The molecule has 0 aliphatic heterocycles. The summed E-state index contributed by atoms with van der Waals surface area (Å²) >= 11 is 0. The molecule has 0 heterocycles. The average molecular weight is 312 g/mol. The third-order valence-corrected chi connectivity index (χ3v) is 4.24. The van der Waals surface area contributed by atoms with E-state index in [9.17, 15) is 0 Å². The van der Waals surface area contributed by atoms with Crippen molar-refractivity contribution < 1.29 is 5.11 Å². The van der Waals surface area contributed by atoms with Gasteiger partial charge in [0.2, 0.25) is 0 Å². The van der Waals surface area contributed by atoms with Crippen LogP contribution < -0.4 is 0 Å². The summed E-state index contributed by atoms with van der Waals surface area (Å²) in [6, 6.07) is 9.16. The second-order valence-corrected chi connectivity index (χ2v) is 6.25. The van der Waals surface area contributed by atoms with Gasteiger partial charge in [-0.1, -0.05) is 49.8 Å². The van der Waals surface area contributed by atoms with Crippen molar-refractivity contribution in [2.45, 2.75) is 65.7 Å². The van der Waals surface area contributed by atoms with E-state index in [0.29, 0.717) is 0 Å². The minimum Gasteiger partial charge on any atom is -0.516 e. The van der Waals surface area contributed by atoms with Crippen LogP contribution >= 0.6 is 0 Å². The van der Waals surface area contributed by atoms with E-state index < -0.39 is 0 Å². The zero-order valence-electron chi connectivity index (χ0n) is 15.0. The molecule has 0 amide bonds. The Hall–Kier alpha value is -1.76. The fraction of sp³-hybridized carbons (Fsp3) is 0.455. The number of aliphatic hydroxyl groups is 1. The molecule has 1 aromatic rings. The zero-order chi connectivity index (χ0) is 16.9. The number of aliphatic hydroxyl groups excluding tert-OH is 1. The molecule has 126 valence electrons. The predicted molar refractivity (Wildman–Crippen MR) is 102 cm³/mol. The van der Waals surface area contributed by atoms with Crippen molar-refractivity contribution in [3.63, 3.8) is 0 Å². The Labute approximate surface area is 142 Å². The molecule has 0 aliphatic rings. The summed E-state index contributed by atoms with van der Waals surface area (Å²) in [4.78, 5) is 0. The summed E-state index contributed by atoms with van der Waals surface area (Å²) in [5.41, 5.74) is 5.23. The van der Waals surface area contributed by atoms with Gasteiger partial charge in [-0.05, 0) is 80.7 Å². The lowest BCUT2D eigenvalue weighted by atomic mass is 10.0. The van der Waals surface area contributed by atoms with Crippen molar-refractivity contribution >= 4 is 0 Å². The van der Waals surface area contributed by atoms with E-state index in [2.05, 4.69) is 50.3 Å². The van der Waals surface area contributed by atoms with Crippen LogP contribution in [0.3, 0.4) is 0 Å². The van der Waals surface area contributed by atoms with Gasteiger partial charge < -0.3 is 5.11 Å². The summed E-state index contributed by atoms with van der Waals surface area (Å²) in [6.45, 7) is 6.33. The molecular formula is C22H32O. The second-order valence-electron chi connectivity index (χ2n) is 6.25. The highest BCUT2D eigenvalue weighted by molar-refractivity contribution is 5.29. The standard InChI is InChI=1S/C22H32O/c1-4-5-11-21-13-15-22(16-14-21)12-9-7-6-8-10-19(2)20(3)17-18-23/h8,10,13-18,23H,4-7,9,11-12H2,1-3H3/b10-8+,18-17-,20-19-. The third kappa shape index (κ3) is 8.44. The topological polar surface area (TPSA) is 20.2 Å². The molecule has 0 radical (unpaired) electrons. The smallest absolute Gasteiger partial charge is 0.0794 e. The molecule has 0 unspecified atom stereocenters. The first-order valence-corrected chi connectivity index (χ1v) is 8.90. The monoisotopic (exact) mass is 312 g/mol. The van der Waals surface area contributed by atoms with E-state index in [4.69, 9.17) is 5.11 Å². The van der Waals surface area contributed by atoms with Crippen molar-refractivity contribution in [1.82, 2.24) is 0 Å².